The third-order valence-corrected chi connectivity index (χ3v) is 2.51. The highest BCUT2D eigenvalue weighted by molar-refractivity contribution is 6.09. The van der Waals surface area contributed by atoms with Crippen molar-refractivity contribution in [3.8, 4) is 0 Å². The predicted octanol–water partition coefficient (Wildman–Crippen LogP) is 2.76. The number of aryl methyl sites for hydroxylation is 1. The molecule has 0 saturated heterocycles. The number of hydrogen-bond donors (Lipinski definition) is 0. The van der Waals surface area contributed by atoms with Crippen LogP contribution in [0.15, 0.2) is 36.4 Å². The van der Waals surface area contributed by atoms with Gasteiger partial charge < -0.3 is 0 Å². The van der Waals surface area contributed by atoms with Crippen LogP contribution in [0.1, 0.15) is 28.8 Å². The molecule has 0 aliphatic heterocycles. The average Bonchev–Trinajstić information content (AvgIpc) is 2.29. The number of benzene rings is 1. The van der Waals surface area contributed by atoms with Gasteiger partial charge in [-0.15, -0.1) is 0 Å². The van der Waals surface area contributed by atoms with Crippen molar-refractivity contribution in [1.29, 1.82) is 0 Å². The molecule has 0 atom stereocenters. The van der Waals surface area contributed by atoms with Gasteiger partial charge in [-0.25, -0.2) is 0 Å². The van der Waals surface area contributed by atoms with Crippen LogP contribution in [0, 0.1) is 0 Å². The summed E-state index contributed by atoms with van der Waals surface area (Å²) in [5, 5.41) is 0. The molecule has 0 amide bonds. The van der Waals surface area contributed by atoms with Crippen molar-refractivity contribution in [3.63, 3.8) is 0 Å². The Labute approximate surface area is 78.1 Å². The molecule has 0 fully saturated rings. The fourth-order valence-corrected chi connectivity index (χ4v) is 1.76. The maximum atomic E-state index is 11.7. The molecule has 1 aliphatic rings. The summed E-state index contributed by atoms with van der Waals surface area (Å²) in [4.78, 5) is 11.7. The molecular formula is C12H12O. The molecule has 0 radical (unpaired) electrons. The Morgan fingerprint density at radius 1 is 1.15 bits per heavy atom. The maximum absolute atomic E-state index is 11.7. The van der Waals surface area contributed by atoms with E-state index in [1.165, 1.54) is 5.56 Å². The molecule has 13 heavy (non-hydrogen) atoms. The third-order valence-electron chi connectivity index (χ3n) is 2.51. The van der Waals surface area contributed by atoms with E-state index in [-0.39, 0.29) is 5.78 Å². The fraction of sp³-hybridized carbons (Fsp3) is 0.250. The molecule has 0 saturated carbocycles. The van der Waals surface area contributed by atoms with Crippen LogP contribution in [-0.4, -0.2) is 5.78 Å². The second-order valence-electron chi connectivity index (χ2n) is 3.44. The first-order valence-electron chi connectivity index (χ1n) is 4.59. The van der Waals surface area contributed by atoms with Gasteiger partial charge in [0.2, 0.25) is 0 Å². The number of hydrogen-bond acceptors (Lipinski definition) is 1. The molecule has 1 nitrogen and oxygen atoms in total. The summed E-state index contributed by atoms with van der Waals surface area (Å²) in [7, 11) is 0. The van der Waals surface area contributed by atoms with Crippen LogP contribution in [0.3, 0.4) is 0 Å². The normalized spacial score (nSPS) is 16.6. The second kappa shape index (κ2) is 3.17. The minimum atomic E-state index is 0.133. The Morgan fingerprint density at radius 3 is 2.77 bits per heavy atom. The lowest BCUT2D eigenvalue weighted by Crippen LogP contribution is -2.01. The zero-order chi connectivity index (χ0) is 9.26. The van der Waals surface area contributed by atoms with E-state index in [9.17, 15) is 4.79 Å². The molecule has 1 aromatic rings. The highest BCUT2D eigenvalue weighted by Crippen LogP contribution is 2.22. The van der Waals surface area contributed by atoms with Crippen LogP contribution in [0.4, 0.5) is 0 Å². The van der Waals surface area contributed by atoms with Crippen LogP contribution in [0.5, 0.6) is 0 Å². The van der Waals surface area contributed by atoms with E-state index < -0.39 is 0 Å². The second-order valence-corrected chi connectivity index (χ2v) is 3.44. The topological polar surface area (TPSA) is 17.1 Å². The van der Waals surface area contributed by atoms with Gasteiger partial charge >= 0.3 is 0 Å². The van der Waals surface area contributed by atoms with E-state index in [1.54, 1.807) is 0 Å². The van der Waals surface area contributed by atoms with Crippen molar-refractivity contribution in [2.24, 2.45) is 0 Å². The van der Waals surface area contributed by atoms with Gasteiger partial charge in [0.15, 0.2) is 5.78 Å². The van der Waals surface area contributed by atoms with Gasteiger partial charge in [-0.2, -0.15) is 0 Å². The SMILES string of the molecule is C=C1CCCc2ccccc2C1=O. The fourth-order valence-electron chi connectivity index (χ4n) is 1.76. The van der Waals surface area contributed by atoms with Gasteiger partial charge in [0.05, 0.1) is 0 Å². The molecule has 0 N–H and O–H groups in total. The Kier molecular flexibility index (Phi) is 2.01. The molecule has 0 heterocycles. The van der Waals surface area contributed by atoms with E-state index in [0.29, 0.717) is 0 Å². The molecule has 66 valence electrons. The summed E-state index contributed by atoms with van der Waals surface area (Å²) >= 11 is 0. The minimum absolute atomic E-state index is 0.133. The summed E-state index contributed by atoms with van der Waals surface area (Å²) in [5.41, 5.74) is 2.78. The van der Waals surface area contributed by atoms with Crippen molar-refractivity contribution in [2.75, 3.05) is 0 Å². The zero-order valence-electron chi connectivity index (χ0n) is 7.55. The van der Waals surface area contributed by atoms with E-state index >= 15 is 0 Å². The lowest BCUT2D eigenvalue weighted by Gasteiger charge is -2.02. The van der Waals surface area contributed by atoms with Crippen molar-refractivity contribution in [1.82, 2.24) is 0 Å². The van der Waals surface area contributed by atoms with Crippen molar-refractivity contribution >= 4 is 5.78 Å². The number of Topliss-reactive ketones (excluding diaryl/α,β-unsaturated/α-hetero) is 1. The van der Waals surface area contributed by atoms with Crippen molar-refractivity contribution in [2.45, 2.75) is 19.3 Å². The Balaban J connectivity index is 2.52. The highest BCUT2D eigenvalue weighted by atomic mass is 16.1. The molecule has 0 bridgehead atoms. The first-order chi connectivity index (χ1) is 6.29. The Hall–Kier alpha value is -1.37. The predicted molar refractivity (Wildman–Crippen MR) is 52.9 cm³/mol. The first kappa shape index (κ1) is 8.24. The monoisotopic (exact) mass is 172 g/mol. The van der Waals surface area contributed by atoms with Gasteiger partial charge in [0.25, 0.3) is 0 Å². The van der Waals surface area contributed by atoms with Gasteiger partial charge in [-0.05, 0) is 30.4 Å². The van der Waals surface area contributed by atoms with Crippen molar-refractivity contribution < 1.29 is 4.79 Å². The van der Waals surface area contributed by atoms with Gasteiger partial charge in [0.1, 0.15) is 0 Å². The molecule has 0 spiro atoms. The smallest absolute Gasteiger partial charge is 0.188 e. The van der Waals surface area contributed by atoms with Crippen LogP contribution in [-0.2, 0) is 6.42 Å². The lowest BCUT2D eigenvalue weighted by atomic mass is 10.0. The van der Waals surface area contributed by atoms with Gasteiger partial charge in [-0.3, -0.25) is 4.79 Å². The van der Waals surface area contributed by atoms with E-state index in [0.717, 1.165) is 30.4 Å². The first-order valence-corrected chi connectivity index (χ1v) is 4.59. The number of carbonyl (C=O) groups is 1. The molecule has 1 aromatic carbocycles. The molecule has 0 unspecified atom stereocenters. The van der Waals surface area contributed by atoms with Crippen molar-refractivity contribution in [3.05, 3.63) is 47.5 Å². The number of ketones is 1. The van der Waals surface area contributed by atoms with E-state index in [4.69, 9.17) is 0 Å². The lowest BCUT2D eigenvalue weighted by molar-refractivity contribution is 0.103. The molecule has 1 aliphatic carbocycles. The minimum Gasteiger partial charge on any atom is -0.289 e. The summed E-state index contributed by atoms with van der Waals surface area (Å²) in [6.45, 7) is 3.80. The van der Waals surface area contributed by atoms with Crippen LogP contribution < -0.4 is 0 Å². The zero-order valence-corrected chi connectivity index (χ0v) is 7.55. The summed E-state index contributed by atoms with van der Waals surface area (Å²) in [5.74, 6) is 0.133. The largest absolute Gasteiger partial charge is 0.289 e. The van der Waals surface area contributed by atoms with E-state index in [1.807, 2.05) is 24.3 Å². The van der Waals surface area contributed by atoms with Gasteiger partial charge in [0, 0.05) is 5.56 Å². The summed E-state index contributed by atoms with van der Waals surface area (Å²) in [6.07, 6.45) is 2.88. The third kappa shape index (κ3) is 1.42. The number of rotatable bonds is 0. The molecule has 2 rings (SSSR count). The quantitative estimate of drug-likeness (QED) is 0.434. The number of allylic oxidation sites excluding steroid dienone is 1. The molecule has 0 aromatic heterocycles. The Bertz CT molecular complexity index is 363. The number of carbonyl (C=O) groups excluding carboxylic acids is 1. The summed E-state index contributed by atoms with van der Waals surface area (Å²) in [6, 6.07) is 7.83. The van der Waals surface area contributed by atoms with Crippen LogP contribution in [0.2, 0.25) is 0 Å². The average molecular weight is 172 g/mol. The molecule has 1 heteroatoms. The maximum Gasteiger partial charge on any atom is 0.188 e. The molecular weight excluding hydrogens is 160 g/mol. The highest BCUT2D eigenvalue weighted by Gasteiger charge is 2.17. The standard InChI is InChI=1S/C12H12O/c1-9-5-4-7-10-6-2-3-8-11(10)12(9)13/h2-3,6,8H,1,4-5,7H2. The van der Waals surface area contributed by atoms with E-state index in [2.05, 4.69) is 6.58 Å². The van der Waals surface area contributed by atoms with Gasteiger partial charge in [-0.1, -0.05) is 30.8 Å². The van der Waals surface area contributed by atoms with Crippen LogP contribution >= 0.6 is 0 Å². The number of fused-ring (bicyclic) bond motifs is 1. The Morgan fingerprint density at radius 2 is 1.92 bits per heavy atom. The summed E-state index contributed by atoms with van der Waals surface area (Å²) < 4.78 is 0. The van der Waals surface area contributed by atoms with Crippen LogP contribution in [0.25, 0.3) is 0 Å².